The van der Waals surface area contributed by atoms with Crippen molar-refractivity contribution in [2.75, 3.05) is 19.6 Å². The van der Waals surface area contributed by atoms with Crippen molar-refractivity contribution in [3.63, 3.8) is 0 Å². The fraction of sp³-hybridized carbons (Fsp3) is 0.333. The van der Waals surface area contributed by atoms with Gasteiger partial charge in [0.15, 0.2) is 4.90 Å². The van der Waals surface area contributed by atoms with Gasteiger partial charge < -0.3 is 5.32 Å². The van der Waals surface area contributed by atoms with E-state index in [0.717, 1.165) is 18.5 Å². The van der Waals surface area contributed by atoms with Gasteiger partial charge in [-0.2, -0.15) is 0 Å². The van der Waals surface area contributed by atoms with E-state index in [2.05, 4.69) is 10.0 Å². The standard InChI is InChI=1S/C12H15N3O4S/c16-15(17)11-3-1-2-4-12(11)20(18,19)14-9-10-5-7-13-8-6-10/h1-5,13-14H,6-9H2. The van der Waals surface area contributed by atoms with E-state index in [-0.39, 0.29) is 11.4 Å². The summed E-state index contributed by atoms with van der Waals surface area (Å²) in [6.07, 6.45) is 2.69. The second-order valence-electron chi connectivity index (χ2n) is 4.37. The summed E-state index contributed by atoms with van der Waals surface area (Å²) in [5.74, 6) is 0. The molecule has 20 heavy (non-hydrogen) atoms. The normalized spacial score (nSPS) is 15.7. The number of sulfonamides is 1. The Labute approximate surface area is 116 Å². The van der Waals surface area contributed by atoms with E-state index in [4.69, 9.17) is 0 Å². The Morgan fingerprint density at radius 2 is 2.10 bits per heavy atom. The summed E-state index contributed by atoms with van der Waals surface area (Å²) in [4.78, 5) is 9.87. The van der Waals surface area contributed by atoms with Crippen molar-refractivity contribution in [2.24, 2.45) is 0 Å². The fourth-order valence-electron chi connectivity index (χ4n) is 1.93. The maximum atomic E-state index is 12.1. The summed E-state index contributed by atoms with van der Waals surface area (Å²) in [6.45, 7) is 1.69. The lowest BCUT2D eigenvalue weighted by atomic mass is 10.1. The third-order valence-corrected chi connectivity index (χ3v) is 4.45. The van der Waals surface area contributed by atoms with Crippen LogP contribution in [0.15, 0.2) is 40.8 Å². The number of hydrogen-bond donors (Lipinski definition) is 2. The smallest absolute Gasteiger partial charge is 0.289 e. The van der Waals surface area contributed by atoms with Crippen molar-refractivity contribution in [1.29, 1.82) is 0 Å². The Morgan fingerprint density at radius 3 is 2.75 bits per heavy atom. The first-order valence-electron chi connectivity index (χ1n) is 6.12. The van der Waals surface area contributed by atoms with Crippen LogP contribution in [0.3, 0.4) is 0 Å². The van der Waals surface area contributed by atoms with Gasteiger partial charge in [0, 0.05) is 19.2 Å². The molecule has 2 N–H and O–H groups in total. The quantitative estimate of drug-likeness (QED) is 0.475. The number of benzene rings is 1. The van der Waals surface area contributed by atoms with Crippen LogP contribution in [-0.4, -0.2) is 33.0 Å². The van der Waals surface area contributed by atoms with Gasteiger partial charge in [-0.15, -0.1) is 0 Å². The molecule has 1 aliphatic rings. The molecular formula is C12H15N3O4S. The molecule has 7 nitrogen and oxygen atoms in total. The fourth-order valence-corrected chi connectivity index (χ4v) is 3.14. The predicted octanol–water partition coefficient (Wildman–Crippen LogP) is 0.793. The van der Waals surface area contributed by atoms with Gasteiger partial charge in [0.1, 0.15) is 0 Å². The van der Waals surface area contributed by atoms with E-state index >= 15 is 0 Å². The second-order valence-corrected chi connectivity index (χ2v) is 6.10. The Morgan fingerprint density at radius 1 is 1.35 bits per heavy atom. The van der Waals surface area contributed by atoms with Gasteiger partial charge in [0.2, 0.25) is 10.0 Å². The van der Waals surface area contributed by atoms with Crippen molar-refractivity contribution in [3.8, 4) is 0 Å². The SMILES string of the molecule is O=[N+]([O-])c1ccccc1S(=O)(=O)NCC1=CCNCC1. The molecule has 0 spiro atoms. The minimum atomic E-state index is -3.89. The molecule has 1 aromatic rings. The van der Waals surface area contributed by atoms with Gasteiger partial charge in [0.25, 0.3) is 5.69 Å². The average Bonchev–Trinajstić information content (AvgIpc) is 2.46. The number of nitro benzene ring substituents is 1. The van der Waals surface area contributed by atoms with Crippen LogP contribution in [0.4, 0.5) is 5.69 Å². The van der Waals surface area contributed by atoms with E-state index in [0.29, 0.717) is 6.54 Å². The lowest BCUT2D eigenvalue weighted by Gasteiger charge is -2.14. The third kappa shape index (κ3) is 3.41. The lowest BCUT2D eigenvalue weighted by Crippen LogP contribution is -2.30. The van der Waals surface area contributed by atoms with Gasteiger partial charge in [-0.3, -0.25) is 10.1 Å². The van der Waals surface area contributed by atoms with E-state index in [1.54, 1.807) is 0 Å². The first-order valence-corrected chi connectivity index (χ1v) is 7.61. The summed E-state index contributed by atoms with van der Waals surface area (Å²) in [5, 5.41) is 14.0. The maximum absolute atomic E-state index is 12.1. The molecule has 0 aromatic heterocycles. The maximum Gasteiger partial charge on any atom is 0.289 e. The van der Waals surface area contributed by atoms with Crippen molar-refractivity contribution in [1.82, 2.24) is 10.0 Å². The Hall–Kier alpha value is -1.77. The van der Waals surface area contributed by atoms with Gasteiger partial charge in [-0.1, -0.05) is 23.8 Å². The third-order valence-electron chi connectivity index (χ3n) is 3.00. The summed E-state index contributed by atoms with van der Waals surface area (Å²) < 4.78 is 26.7. The molecule has 1 heterocycles. The van der Waals surface area contributed by atoms with Gasteiger partial charge in [-0.05, 0) is 19.0 Å². The minimum absolute atomic E-state index is 0.177. The lowest BCUT2D eigenvalue weighted by molar-refractivity contribution is -0.387. The zero-order chi connectivity index (χ0) is 14.6. The van der Waals surface area contributed by atoms with Gasteiger partial charge in [0.05, 0.1) is 4.92 Å². The monoisotopic (exact) mass is 297 g/mol. The molecule has 0 saturated carbocycles. The van der Waals surface area contributed by atoms with Crippen LogP contribution in [0.25, 0.3) is 0 Å². The van der Waals surface area contributed by atoms with E-state index in [1.165, 1.54) is 24.3 Å². The summed E-state index contributed by atoms with van der Waals surface area (Å²) in [5.41, 5.74) is 0.560. The minimum Gasteiger partial charge on any atom is -0.313 e. The van der Waals surface area contributed by atoms with Crippen molar-refractivity contribution >= 4 is 15.7 Å². The molecular weight excluding hydrogens is 282 g/mol. The summed E-state index contributed by atoms with van der Waals surface area (Å²) >= 11 is 0. The molecule has 108 valence electrons. The summed E-state index contributed by atoms with van der Waals surface area (Å²) in [6, 6.07) is 5.31. The highest BCUT2D eigenvalue weighted by atomic mass is 32.2. The number of nitrogens with one attached hydrogen (secondary N) is 2. The number of nitrogens with zero attached hydrogens (tertiary/aromatic N) is 1. The molecule has 1 aromatic carbocycles. The van der Waals surface area contributed by atoms with Crippen LogP contribution in [0.5, 0.6) is 0 Å². The number of rotatable bonds is 5. The molecule has 0 bridgehead atoms. The molecule has 8 heteroatoms. The van der Waals surface area contributed by atoms with Crippen LogP contribution < -0.4 is 10.0 Å². The second kappa shape index (κ2) is 6.12. The highest BCUT2D eigenvalue weighted by molar-refractivity contribution is 7.89. The molecule has 1 aliphatic heterocycles. The molecule has 0 atom stereocenters. The molecule has 0 unspecified atom stereocenters. The van der Waals surface area contributed by atoms with Crippen LogP contribution in [0.2, 0.25) is 0 Å². The van der Waals surface area contributed by atoms with E-state index < -0.39 is 20.6 Å². The van der Waals surface area contributed by atoms with Crippen LogP contribution >= 0.6 is 0 Å². The van der Waals surface area contributed by atoms with Crippen molar-refractivity contribution in [3.05, 3.63) is 46.0 Å². The first kappa shape index (κ1) is 14.6. The predicted molar refractivity (Wildman–Crippen MR) is 73.9 cm³/mol. The Bertz CT molecular complexity index is 640. The highest BCUT2D eigenvalue weighted by Crippen LogP contribution is 2.22. The van der Waals surface area contributed by atoms with Crippen LogP contribution in [0.1, 0.15) is 6.42 Å². The topological polar surface area (TPSA) is 101 Å². The van der Waals surface area contributed by atoms with Gasteiger partial charge in [-0.25, -0.2) is 13.1 Å². The number of para-hydroxylation sites is 1. The molecule has 2 rings (SSSR count). The Balaban J connectivity index is 2.18. The van der Waals surface area contributed by atoms with Crippen LogP contribution in [-0.2, 0) is 10.0 Å². The van der Waals surface area contributed by atoms with E-state index in [9.17, 15) is 18.5 Å². The number of hydrogen-bond acceptors (Lipinski definition) is 5. The zero-order valence-electron chi connectivity index (χ0n) is 10.7. The van der Waals surface area contributed by atoms with Gasteiger partial charge >= 0.3 is 0 Å². The molecule has 0 saturated heterocycles. The molecule has 0 aliphatic carbocycles. The van der Waals surface area contributed by atoms with Crippen molar-refractivity contribution in [2.45, 2.75) is 11.3 Å². The Kier molecular flexibility index (Phi) is 4.48. The molecule has 0 radical (unpaired) electrons. The molecule has 0 amide bonds. The molecule has 0 fully saturated rings. The summed E-state index contributed by atoms with van der Waals surface area (Å²) in [7, 11) is -3.89. The first-order chi connectivity index (χ1) is 9.50. The largest absolute Gasteiger partial charge is 0.313 e. The average molecular weight is 297 g/mol. The van der Waals surface area contributed by atoms with Crippen LogP contribution in [0, 0.1) is 10.1 Å². The number of nitro groups is 1. The highest BCUT2D eigenvalue weighted by Gasteiger charge is 2.24. The van der Waals surface area contributed by atoms with E-state index in [1.807, 2.05) is 6.08 Å². The zero-order valence-corrected chi connectivity index (χ0v) is 11.5. The van der Waals surface area contributed by atoms with Crippen molar-refractivity contribution < 1.29 is 13.3 Å².